The SMILES string of the molecule is Cc1nc2c(N3CCOCC3)nc(-c3cccc4[nH]ncc34)cn2c1C1=CCN(C(=O)OC(C)(C)C)CC1. The Labute approximate surface area is 221 Å². The number of imidazole rings is 1. The van der Waals surface area contributed by atoms with Gasteiger partial charge < -0.3 is 19.3 Å². The molecule has 1 saturated heterocycles. The molecule has 0 aliphatic carbocycles. The summed E-state index contributed by atoms with van der Waals surface area (Å²) >= 11 is 0. The van der Waals surface area contributed by atoms with Crippen LogP contribution in [0, 0.1) is 6.92 Å². The van der Waals surface area contributed by atoms with E-state index in [1.54, 1.807) is 4.90 Å². The first-order chi connectivity index (χ1) is 18.3. The van der Waals surface area contributed by atoms with E-state index < -0.39 is 5.60 Å². The summed E-state index contributed by atoms with van der Waals surface area (Å²) in [4.78, 5) is 26.8. The fourth-order valence-electron chi connectivity index (χ4n) is 5.22. The number of benzene rings is 1. The first kappa shape index (κ1) is 24.4. The standard InChI is InChI=1S/C28H33N7O3/c1-18-24(19-8-10-34(11-9-19)27(36)38-28(2,3)4)35-17-23(20-6-5-7-22-21(20)16-29-32-22)31-25(26(35)30-18)33-12-14-37-15-13-33/h5-8,16-17H,9-15H2,1-4H3,(H,29,32). The minimum Gasteiger partial charge on any atom is -0.444 e. The van der Waals surface area contributed by atoms with Crippen molar-refractivity contribution in [2.75, 3.05) is 44.3 Å². The molecule has 5 heterocycles. The van der Waals surface area contributed by atoms with Crippen molar-refractivity contribution in [1.29, 1.82) is 0 Å². The minimum atomic E-state index is -0.517. The zero-order valence-corrected chi connectivity index (χ0v) is 22.3. The van der Waals surface area contributed by atoms with Gasteiger partial charge in [0, 0.05) is 43.3 Å². The Balaban J connectivity index is 1.45. The van der Waals surface area contributed by atoms with Gasteiger partial charge in [-0.3, -0.25) is 9.50 Å². The molecular weight excluding hydrogens is 482 g/mol. The number of aromatic amines is 1. The van der Waals surface area contributed by atoms with E-state index in [4.69, 9.17) is 19.4 Å². The molecule has 0 bridgehead atoms. The normalized spacial score (nSPS) is 16.8. The van der Waals surface area contributed by atoms with Crippen LogP contribution in [0.5, 0.6) is 0 Å². The lowest BCUT2D eigenvalue weighted by Gasteiger charge is -2.30. The Bertz CT molecular complexity index is 1540. The van der Waals surface area contributed by atoms with Gasteiger partial charge in [0.25, 0.3) is 0 Å². The first-order valence-corrected chi connectivity index (χ1v) is 13.1. The summed E-state index contributed by atoms with van der Waals surface area (Å²) in [5.41, 5.74) is 6.32. The highest BCUT2D eigenvalue weighted by molar-refractivity contribution is 5.94. The van der Waals surface area contributed by atoms with Gasteiger partial charge in [0.1, 0.15) is 5.60 Å². The molecule has 0 radical (unpaired) electrons. The van der Waals surface area contributed by atoms with Crippen molar-refractivity contribution in [2.45, 2.75) is 39.7 Å². The van der Waals surface area contributed by atoms with Crippen LogP contribution in [0.25, 0.3) is 33.4 Å². The smallest absolute Gasteiger partial charge is 0.410 e. The number of carbonyl (C=O) groups excluding carboxylic acids is 1. The summed E-state index contributed by atoms with van der Waals surface area (Å²) in [6, 6.07) is 6.12. The van der Waals surface area contributed by atoms with Gasteiger partial charge in [-0.2, -0.15) is 5.10 Å². The number of ether oxygens (including phenoxy) is 2. The molecule has 4 aromatic rings. The highest BCUT2D eigenvalue weighted by atomic mass is 16.6. The van der Waals surface area contributed by atoms with Crippen LogP contribution in [0.2, 0.25) is 0 Å². The van der Waals surface area contributed by atoms with Crippen LogP contribution in [0.3, 0.4) is 0 Å². The Hall–Kier alpha value is -3.92. The van der Waals surface area contributed by atoms with Gasteiger partial charge in [0.15, 0.2) is 11.5 Å². The maximum atomic E-state index is 12.6. The molecule has 1 aromatic carbocycles. The van der Waals surface area contributed by atoms with Gasteiger partial charge in [-0.05, 0) is 45.8 Å². The molecule has 0 unspecified atom stereocenters. The van der Waals surface area contributed by atoms with Crippen molar-refractivity contribution in [3.8, 4) is 11.3 Å². The minimum absolute atomic E-state index is 0.281. The number of fused-ring (bicyclic) bond motifs is 2. The number of hydrogen-bond acceptors (Lipinski definition) is 7. The quantitative estimate of drug-likeness (QED) is 0.430. The fraction of sp³-hybridized carbons (Fsp3) is 0.429. The van der Waals surface area contributed by atoms with Crippen LogP contribution in [0.15, 0.2) is 36.7 Å². The number of aryl methyl sites for hydroxylation is 1. The lowest BCUT2D eigenvalue weighted by Crippen LogP contribution is -2.39. The van der Waals surface area contributed by atoms with E-state index in [0.717, 1.165) is 64.5 Å². The van der Waals surface area contributed by atoms with Crippen molar-refractivity contribution < 1.29 is 14.3 Å². The van der Waals surface area contributed by atoms with Crippen LogP contribution in [-0.4, -0.2) is 80.6 Å². The van der Waals surface area contributed by atoms with Crippen molar-refractivity contribution >= 4 is 34.0 Å². The second-order valence-electron chi connectivity index (χ2n) is 10.8. The predicted octanol–water partition coefficient (Wildman–Crippen LogP) is 4.44. The van der Waals surface area contributed by atoms with Gasteiger partial charge in [0.2, 0.25) is 0 Å². The molecule has 3 aromatic heterocycles. The van der Waals surface area contributed by atoms with E-state index in [-0.39, 0.29) is 6.09 Å². The Morgan fingerprint density at radius 2 is 1.95 bits per heavy atom. The van der Waals surface area contributed by atoms with E-state index in [2.05, 4.69) is 37.8 Å². The second kappa shape index (κ2) is 9.43. The summed E-state index contributed by atoms with van der Waals surface area (Å²) in [5.74, 6) is 0.854. The average molecular weight is 516 g/mol. The number of anilines is 1. The van der Waals surface area contributed by atoms with Gasteiger partial charge in [-0.15, -0.1) is 0 Å². The number of H-pyrrole nitrogens is 1. The van der Waals surface area contributed by atoms with Crippen LogP contribution in [0.4, 0.5) is 10.6 Å². The van der Waals surface area contributed by atoms with Crippen molar-refractivity contribution in [2.24, 2.45) is 0 Å². The molecule has 1 N–H and O–H groups in total. The van der Waals surface area contributed by atoms with Gasteiger partial charge in [-0.25, -0.2) is 14.8 Å². The number of carbonyl (C=O) groups is 1. The number of nitrogens with zero attached hydrogens (tertiary/aromatic N) is 6. The number of amides is 1. The van der Waals surface area contributed by atoms with Crippen LogP contribution in [-0.2, 0) is 9.47 Å². The van der Waals surface area contributed by atoms with Crippen molar-refractivity contribution in [3.05, 3.63) is 48.1 Å². The van der Waals surface area contributed by atoms with Crippen LogP contribution in [0.1, 0.15) is 38.6 Å². The molecule has 0 atom stereocenters. The van der Waals surface area contributed by atoms with E-state index in [1.807, 2.05) is 46.0 Å². The average Bonchev–Trinajstić information content (AvgIpc) is 3.51. The topological polar surface area (TPSA) is 101 Å². The molecule has 38 heavy (non-hydrogen) atoms. The zero-order chi connectivity index (χ0) is 26.4. The lowest BCUT2D eigenvalue weighted by atomic mass is 10.0. The number of hydrogen-bond donors (Lipinski definition) is 1. The summed E-state index contributed by atoms with van der Waals surface area (Å²) in [7, 11) is 0. The lowest BCUT2D eigenvalue weighted by molar-refractivity contribution is 0.0270. The van der Waals surface area contributed by atoms with Gasteiger partial charge in [-0.1, -0.05) is 18.2 Å². The molecular formula is C28H33N7O3. The number of aromatic nitrogens is 5. The summed E-state index contributed by atoms with van der Waals surface area (Å²) in [5, 5.41) is 8.34. The fourth-order valence-corrected chi connectivity index (χ4v) is 5.22. The Morgan fingerprint density at radius 1 is 1.13 bits per heavy atom. The van der Waals surface area contributed by atoms with E-state index >= 15 is 0 Å². The van der Waals surface area contributed by atoms with Crippen LogP contribution < -0.4 is 4.90 Å². The number of morpholine rings is 1. The molecule has 198 valence electrons. The summed E-state index contributed by atoms with van der Waals surface area (Å²) in [6.45, 7) is 11.6. The monoisotopic (exact) mass is 515 g/mol. The van der Waals surface area contributed by atoms with Gasteiger partial charge in [0.05, 0.1) is 42.0 Å². The molecule has 1 fully saturated rings. The zero-order valence-electron chi connectivity index (χ0n) is 22.3. The molecule has 6 rings (SSSR count). The second-order valence-corrected chi connectivity index (χ2v) is 10.8. The molecule has 2 aliphatic heterocycles. The highest BCUT2D eigenvalue weighted by Gasteiger charge is 2.27. The molecule has 10 nitrogen and oxygen atoms in total. The predicted molar refractivity (Wildman–Crippen MR) is 146 cm³/mol. The van der Waals surface area contributed by atoms with Crippen molar-refractivity contribution in [3.63, 3.8) is 0 Å². The Morgan fingerprint density at radius 3 is 2.68 bits per heavy atom. The van der Waals surface area contributed by atoms with Crippen molar-refractivity contribution in [1.82, 2.24) is 29.5 Å². The summed E-state index contributed by atoms with van der Waals surface area (Å²) < 4.78 is 13.4. The third kappa shape index (κ3) is 4.49. The maximum absolute atomic E-state index is 12.6. The van der Waals surface area contributed by atoms with E-state index in [0.29, 0.717) is 26.3 Å². The van der Waals surface area contributed by atoms with Gasteiger partial charge >= 0.3 is 6.09 Å². The third-order valence-corrected chi connectivity index (χ3v) is 7.00. The molecule has 10 heteroatoms. The largest absolute Gasteiger partial charge is 0.444 e. The van der Waals surface area contributed by atoms with Crippen LogP contribution >= 0.6 is 0 Å². The van der Waals surface area contributed by atoms with E-state index in [1.165, 1.54) is 5.57 Å². The first-order valence-electron chi connectivity index (χ1n) is 13.1. The third-order valence-electron chi connectivity index (χ3n) is 7.00. The number of nitrogens with one attached hydrogen (secondary N) is 1. The molecule has 1 amide bonds. The maximum Gasteiger partial charge on any atom is 0.410 e. The number of rotatable bonds is 3. The summed E-state index contributed by atoms with van der Waals surface area (Å²) in [6.07, 6.45) is 6.49. The molecule has 2 aliphatic rings. The van der Waals surface area contributed by atoms with E-state index in [9.17, 15) is 4.79 Å². The Kier molecular flexibility index (Phi) is 6.06. The molecule has 0 saturated carbocycles. The molecule has 0 spiro atoms. The highest BCUT2D eigenvalue weighted by Crippen LogP contribution is 2.34.